The van der Waals surface area contributed by atoms with Gasteiger partial charge in [0.15, 0.2) is 0 Å². The van der Waals surface area contributed by atoms with Gasteiger partial charge in [-0.2, -0.15) is 0 Å². The maximum absolute atomic E-state index is 5.76. The van der Waals surface area contributed by atoms with E-state index < -0.39 is 0 Å². The Morgan fingerprint density at radius 3 is 3.00 bits per heavy atom. The van der Waals surface area contributed by atoms with Crippen LogP contribution in [0.3, 0.4) is 0 Å². The van der Waals surface area contributed by atoms with Crippen molar-refractivity contribution in [3.63, 3.8) is 0 Å². The van der Waals surface area contributed by atoms with Crippen molar-refractivity contribution in [2.45, 2.75) is 25.9 Å². The fraction of sp³-hybridized carbons (Fsp3) is 1.00. The summed E-state index contributed by atoms with van der Waals surface area (Å²) in [5, 5.41) is 3.50. The van der Waals surface area contributed by atoms with Crippen LogP contribution in [0.1, 0.15) is 19.8 Å². The Morgan fingerprint density at radius 1 is 1.56 bits per heavy atom. The fourth-order valence-electron chi connectivity index (χ4n) is 2.04. The number of nitrogens with one attached hydrogen (secondary N) is 1. The van der Waals surface area contributed by atoms with Gasteiger partial charge >= 0.3 is 0 Å². The highest BCUT2D eigenvalue weighted by Gasteiger charge is 2.17. The predicted molar refractivity (Wildman–Crippen MR) is 69.2 cm³/mol. The topological polar surface area (TPSA) is 24.5 Å². The number of hydrogen-bond donors (Lipinski definition) is 1. The van der Waals surface area contributed by atoms with Gasteiger partial charge in [-0.05, 0) is 25.9 Å². The van der Waals surface area contributed by atoms with Crippen LogP contribution in [0.5, 0.6) is 0 Å². The van der Waals surface area contributed by atoms with Gasteiger partial charge in [0, 0.05) is 25.5 Å². The lowest BCUT2D eigenvalue weighted by Crippen LogP contribution is -2.45. The molecule has 0 saturated carbocycles. The lowest BCUT2D eigenvalue weighted by Gasteiger charge is -2.30. The standard InChI is InChI=1S/C12H25ClN2O/c1-3-11(4-5-13)8-14-9-12-10-15(2)6-7-16-12/h11-12,14H,3-10H2,1-2H3. The maximum atomic E-state index is 5.76. The second-order valence-electron chi connectivity index (χ2n) is 4.67. The number of alkyl halides is 1. The van der Waals surface area contributed by atoms with Crippen LogP contribution < -0.4 is 5.32 Å². The number of likely N-dealkylation sites (N-methyl/N-ethyl adjacent to an activating group) is 1. The van der Waals surface area contributed by atoms with Gasteiger partial charge in [-0.15, -0.1) is 11.6 Å². The van der Waals surface area contributed by atoms with Gasteiger partial charge in [0.1, 0.15) is 0 Å². The van der Waals surface area contributed by atoms with Crippen molar-refractivity contribution in [2.24, 2.45) is 5.92 Å². The summed E-state index contributed by atoms with van der Waals surface area (Å²) in [6.07, 6.45) is 2.66. The van der Waals surface area contributed by atoms with E-state index in [-0.39, 0.29) is 0 Å². The zero-order valence-corrected chi connectivity index (χ0v) is 11.3. The summed E-state index contributed by atoms with van der Waals surface area (Å²) in [4.78, 5) is 2.33. The van der Waals surface area contributed by atoms with Crippen LogP contribution in [0.2, 0.25) is 0 Å². The Morgan fingerprint density at radius 2 is 2.38 bits per heavy atom. The highest BCUT2D eigenvalue weighted by molar-refractivity contribution is 6.17. The minimum absolute atomic E-state index is 0.354. The normalized spacial score (nSPS) is 24.6. The number of ether oxygens (including phenoxy) is 1. The van der Waals surface area contributed by atoms with Gasteiger partial charge in [-0.25, -0.2) is 0 Å². The number of morpholine rings is 1. The van der Waals surface area contributed by atoms with Crippen LogP contribution in [0, 0.1) is 5.92 Å². The molecule has 1 rings (SSSR count). The molecule has 4 heteroatoms. The zero-order valence-electron chi connectivity index (χ0n) is 10.5. The molecule has 96 valence electrons. The van der Waals surface area contributed by atoms with Crippen LogP contribution in [0.4, 0.5) is 0 Å². The summed E-state index contributed by atoms with van der Waals surface area (Å²) in [7, 11) is 2.15. The number of hydrogen-bond acceptors (Lipinski definition) is 3. The molecule has 1 aliphatic rings. The molecule has 2 atom stereocenters. The van der Waals surface area contributed by atoms with Crippen molar-refractivity contribution in [3.8, 4) is 0 Å². The van der Waals surface area contributed by atoms with Gasteiger partial charge in [-0.3, -0.25) is 0 Å². The number of halogens is 1. The Labute approximate surface area is 104 Å². The molecule has 0 bridgehead atoms. The Bertz CT molecular complexity index is 180. The van der Waals surface area contributed by atoms with E-state index in [9.17, 15) is 0 Å². The smallest absolute Gasteiger partial charge is 0.0826 e. The molecule has 1 saturated heterocycles. The summed E-state index contributed by atoms with van der Waals surface area (Å²) in [5.41, 5.74) is 0. The first kappa shape index (κ1) is 14.2. The number of nitrogens with zero attached hydrogens (tertiary/aromatic N) is 1. The van der Waals surface area contributed by atoms with Gasteiger partial charge in [-0.1, -0.05) is 13.3 Å². The SMILES string of the molecule is CCC(CCCl)CNCC1CN(C)CCO1. The molecule has 0 spiro atoms. The van der Waals surface area contributed by atoms with Crippen molar-refractivity contribution in [3.05, 3.63) is 0 Å². The van der Waals surface area contributed by atoms with Crippen LogP contribution in [-0.2, 0) is 4.74 Å². The monoisotopic (exact) mass is 248 g/mol. The minimum atomic E-state index is 0.354. The summed E-state index contributed by atoms with van der Waals surface area (Å²) >= 11 is 5.76. The summed E-state index contributed by atoms with van der Waals surface area (Å²) < 4.78 is 5.69. The molecular formula is C12H25ClN2O. The third-order valence-electron chi connectivity index (χ3n) is 3.24. The Balaban J connectivity index is 2.09. The third kappa shape index (κ3) is 5.48. The van der Waals surface area contributed by atoms with Crippen LogP contribution in [0.15, 0.2) is 0 Å². The molecule has 1 N–H and O–H groups in total. The molecule has 0 aliphatic carbocycles. The van der Waals surface area contributed by atoms with E-state index in [2.05, 4.69) is 24.2 Å². The molecular weight excluding hydrogens is 224 g/mol. The van der Waals surface area contributed by atoms with Crippen molar-refractivity contribution in [1.29, 1.82) is 0 Å². The fourth-order valence-corrected chi connectivity index (χ4v) is 2.35. The summed E-state index contributed by atoms with van der Waals surface area (Å²) in [6.45, 7) is 7.21. The Kier molecular flexibility index (Phi) is 7.37. The van der Waals surface area contributed by atoms with Crippen molar-refractivity contribution < 1.29 is 4.74 Å². The second-order valence-corrected chi connectivity index (χ2v) is 5.04. The van der Waals surface area contributed by atoms with E-state index in [0.29, 0.717) is 12.0 Å². The predicted octanol–water partition coefficient (Wildman–Crippen LogP) is 1.56. The van der Waals surface area contributed by atoms with Gasteiger partial charge < -0.3 is 15.0 Å². The van der Waals surface area contributed by atoms with E-state index in [1.807, 2.05) is 0 Å². The molecule has 1 heterocycles. The quantitative estimate of drug-likeness (QED) is 0.693. The van der Waals surface area contributed by atoms with E-state index >= 15 is 0 Å². The highest BCUT2D eigenvalue weighted by Crippen LogP contribution is 2.08. The van der Waals surface area contributed by atoms with E-state index in [1.165, 1.54) is 6.42 Å². The number of rotatable bonds is 7. The summed E-state index contributed by atoms with van der Waals surface area (Å²) in [5.74, 6) is 1.47. The molecule has 16 heavy (non-hydrogen) atoms. The van der Waals surface area contributed by atoms with E-state index in [4.69, 9.17) is 16.3 Å². The molecule has 0 aromatic rings. The zero-order chi connectivity index (χ0) is 11.8. The molecule has 0 aromatic heterocycles. The molecule has 0 aromatic carbocycles. The lowest BCUT2D eigenvalue weighted by atomic mass is 10.0. The molecule has 3 nitrogen and oxygen atoms in total. The van der Waals surface area contributed by atoms with E-state index in [1.54, 1.807) is 0 Å². The second kappa shape index (κ2) is 8.29. The summed E-state index contributed by atoms with van der Waals surface area (Å²) in [6, 6.07) is 0. The van der Waals surface area contributed by atoms with Crippen molar-refractivity contribution >= 4 is 11.6 Å². The van der Waals surface area contributed by atoms with Gasteiger partial charge in [0.05, 0.1) is 12.7 Å². The van der Waals surface area contributed by atoms with Gasteiger partial charge in [0.25, 0.3) is 0 Å². The average Bonchev–Trinajstić information content (AvgIpc) is 2.28. The van der Waals surface area contributed by atoms with Crippen molar-refractivity contribution in [1.82, 2.24) is 10.2 Å². The van der Waals surface area contributed by atoms with Crippen LogP contribution in [-0.4, -0.2) is 56.7 Å². The molecule has 1 fully saturated rings. The maximum Gasteiger partial charge on any atom is 0.0826 e. The van der Waals surface area contributed by atoms with Gasteiger partial charge in [0.2, 0.25) is 0 Å². The van der Waals surface area contributed by atoms with Crippen LogP contribution in [0.25, 0.3) is 0 Å². The minimum Gasteiger partial charge on any atom is -0.374 e. The Hall–Kier alpha value is 0.170. The first-order valence-corrected chi connectivity index (χ1v) is 6.86. The third-order valence-corrected chi connectivity index (χ3v) is 3.46. The lowest BCUT2D eigenvalue weighted by molar-refractivity contribution is -0.0184. The first-order chi connectivity index (χ1) is 7.76. The van der Waals surface area contributed by atoms with Crippen molar-refractivity contribution in [2.75, 3.05) is 45.7 Å². The highest BCUT2D eigenvalue weighted by atomic mass is 35.5. The molecule has 0 radical (unpaired) electrons. The first-order valence-electron chi connectivity index (χ1n) is 6.33. The molecule has 0 amide bonds. The van der Waals surface area contributed by atoms with Crippen LogP contribution >= 0.6 is 11.6 Å². The largest absolute Gasteiger partial charge is 0.374 e. The average molecular weight is 249 g/mol. The molecule has 1 aliphatic heterocycles. The van der Waals surface area contributed by atoms with E-state index in [0.717, 1.165) is 45.1 Å². The molecule has 2 unspecified atom stereocenters.